The molecule has 2 aromatic rings. The fourth-order valence-corrected chi connectivity index (χ4v) is 1.40. The van der Waals surface area contributed by atoms with Crippen LogP contribution in [0.25, 0.3) is 11.3 Å². The number of nitrogens with zero attached hydrogens (tertiary/aromatic N) is 1. The zero-order chi connectivity index (χ0) is 10.1. The second kappa shape index (κ2) is 3.23. The van der Waals surface area contributed by atoms with Crippen molar-refractivity contribution >= 4 is 17.3 Å². The van der Waals surface area contributed by atoms with E-state index in [-0.39, 0.29) is 5.75 Å². The predicted molar refractivity (Wildman–Crippen MR) is 53.0 cm³/mol. The van der Waals surface area contributed by atoms with Gasteiger partial charge in [0.05, 0.1) is 11.2 Å². The normalized spacial score (nSPS) is 10.4. The molecule has 0 bridgehead atoms. The van der Waals surface area contributed by atoms with Gasteiger partial charge in [-0.1, -0.05) is 16.8 Å². The highest BCUT2D eigenvalue weighted by Crippen LogP contribution is 2.33. The van der Waals surface area contributed by atoms with Gasteiger partial charge in [-0.05, 0) is 18.2 Å². The summed E-state index contributed by atoms with van der Waals surface area (Å²) in [4.78, 5) is 0. The third-order valence-corrected chi connectivity index (χ3v) is 2.11. The first kappa shape index (κ1) is 8.90. The molecule has 5 heteroatoms. The summed E-state index contributed by atoms with van der Waals surface area (Å²) in [7, 11) is 0. The second-order valence-electron chi connectivity index (χ2n) is 2.77. The highest BCUT2D eigenvalue weighted by atomic mass is 35.5. The maximum atomic E-state index is 9.14. The Morgan fingerprint density at radius 3 is 2.79 bits per heavy atom. The Kier molecular flexibility index (Phi) is 2.05. The molecular weight excluding hydrogens is 204 g/mol. The number of hydrogen-bond donors (Lipinski definition) is 2. The van der Waals surface area contributed by atoms with E-state index in [4.69, 9.17) is 27.0 Å². The molecular formula is C9H7ClN2O2. The van der Waals surface area contributed by atoms with Crippen LogP contribution < -0.4 is 5.73 Å². The van der Waals surface area contributed by atoms with Gasteiger partial charge in [0.25, 0.3) is 0 Å². The van der Waals surface area contributed by atoms with Gasteiger partial charge in [0.15, 0.2) is 5.76 Å². The van der Waals surface area contributed by atoms with Gasteiger partial charge in [0, 0.05) is 5.56 Å². The number of halogens is 1. The molecule has 0 amide bonds. The molecule has 0 radical (unpaired) electrons. The average Bonchev–Trinajstić information content (AvgIpc) is 2.52. The van der Waals surface area contributed by atoms with Gasteiger partial charge in [-0.3, -0.25) is 0 Å². The molecule has 14 heavy (non-hydrogen) atoms. The molecule has 3 N–H and O–H groups in total. The molecule has 4 nitrogen and oxygen atoms in total. The number of phenolic OH excluding ortho intramolecular Hbond substituents is 1. The molecule has 0 saturated carbocycles. The largest absolute Gasteiger partial charge is 0.508 e. The van der Waals surface area contributed by atoms with Crippen molar-refractivity contribution in [2.75, 3.05) is 5.73 Å². The van der Waals surface area contributed by atoms with E-state index < -0.39 is 0 Å². The highest BCUT2D eigenvalue weighted by molar-refractivity contribution is 6.33. The van der Waals surface area contributed by atoms with E-state index in [0.29, 0.717) is 22.0 Å². The topological polar surface area (TPSA) is 72.3 Å². The van der Waals surface area contributed by atoms with Crippen molar-refractivity contribution in [3.05, 3.63) is 29.4 Å². The van der Waals surface area contributed by atoms with Crippen molar-refractivity contribution in [1.29, 1.82) is 0 Å². The molecule has 1 heterocycles. The Morgan fingerprint density at radius 2 is 2.21 bits per heavy atom. The van der Waals surface area contributed by atoms with E-state index in [1.54, 1.807) is 6.07 Å². The molecule has 0 atom stereocenters. The van der Waals surface area contributed by atoms with Gasteiger partial charge in [0.2, 0.25) is 0 Å². The summed E-state index contributed by atoms with van der Waals surface area (Å²) in [6.07, 6.45) is 1.40. The van der Waals surface area contributed by atoms with E-state index in [1.807, 2.05) is 0 Å². The molecule has 0 saturated heterocycles. The number of aromatic nitrogens is 1. The van der Waals surface area contributed by atoms with Crippen molar-refractivity contribution in [3.63, 3.8) is 0 Å². The van der Waals surface area contributed by atoms with Crippen LogP contribution in [0.4, 0.5) is 5.69 Å². The Hall–Kier alpha value is -1.68. The molecule has 72 valence electrons. The van der Waals surface area contributed by atoms with Crippen LogP contribution in [0, 0.1) is 0 Å². The Balaban J connectivity index is 2.58. The zero-order valence-corrected chi connectivity index (χ0v) is 7.82. The molecule has 0 fully saturated rings. The number of rotatable bonds is 1. The van der Waals surface area contributed by atoms with E-state index in [2.05, 4.69) is 5.16 Å². The highest BCUT2D eigenvalue weighted by Gasteiger charge is 2.11. The van der Waals surface area contributed by atoms with Crippen molar-refractivity contribution in [2.24, 2.45) is 0 Å². The number of anilines is 1. The summed E-state index contributed by atoms with van der Waals surface area (Å²) in [6.45, 7) is 0. The standard InChI is InChI=1S/C9H7ClN2O2/c10-7-3-5(13)1-2-6(7)9-8(11)4-12-14-9/h1-4,13H,11H2. The maximum absolute atomic E-state index is 9.14. The molecule has 2 rings (SSSR count). The summed E-state index contributed by atoms with van der Waals surface area (Å²) >= 11 is 5.89. The fraction of sp³-hybridized carbons (Fsp3) is 0. The van der Waals surface area contributed by atoms with Gasteiger partial charge >= 0.3 is 0 Å². The van der Waals surface area contributed by atoms with E-state index >= 15 is 0 Å². The van der Waals surface area contributed by atoms with Crippen molar-refractivity contribution in [3.8, 4) is 17.1 Å². The van der Waals surface area contributed by atoms with Crippen LogP contribution in [0.5, 0.6) is 5.75 Å². The monoisotopic (exact) mass is 210 g/mol. The Labute approximate surface area is 84.9 Å². The summed E-state index contributed by atoms with van der Waals surface area (Å²) in [5.74, 6) is 0.506. The average molecular weight is 211 g/mol. The van der Waals surface area contributed by atoms with Gasteiger partial charge in [-0.2, -0.15) is 0 Å². The van der Waals surface area contributed by atoms with Crippen LogP contribution in [-0.2, 0) is 0 Å². The van der Waals surface area contributed by atoms with Crippen LogP contribution in [0.15, 0.2) is 28.9 Å². The first-order chi connectivity index (χ1) is 6.68. The van der Waals surface area contributed by atoms with Gasteiger partial charge < -0.3 is 15.4 Å². The quantitative estimate of drug-likeness (QED) is 0.758. The molecule has 0 aliphatic heterocycles. The third-order valence-electron chi connectivity index (χ3n) is 1.80. The maximum Gasteiger partial charge on any atom is 0.191 e. The Bertz CT molecular complexity index is 468. The van der Waals surface area contributed by atoms with Crippen LogP contribution in [-0.4, -0.2) is 10.3 Å². The molecule has 1 aromatic heterocycles. The number of phenols is 1. The summed E-state index contributed by atoms with van der Waals surface area (Å²) in [6, 6.07) is 4.54. The lowest BCUT2D eigenvalue weighted by Crippen LogP contribution is -1.85. The van der Waals surface area contributed by atoms with Crippen LogP contribution in [0.3, 0.4) is 0 Å². The number of benzene rings is 1. The minimum Gasteiger partial charge on any atom is -0.508 e. The molecule has 1 aromatic carbocycles. The second-order valence-corrected chi connectivity index (χ2v) is 3.18. The third kappa shape index (κ3) is 1.40. The van der Waals surface area contributed by atoms with Gasteiger partial charge in [-0.25, -0.2) is 0 Å². The minimum absolute atomic E-state index is 0.0943. The van der Waals surface area contributed by atoms with Crippen molar-refractivity contribution < 1.29 is 9.63 Å². The van der Waals surface area contributed by atoms with E-state index in [0.717, 1.165) is 0 Å². The van der Waals surface area contributed by atoms with Crippen LogP contribution >= 0.6 is 11.6 Å². The summed E-state index contributed by atoms with van der Waals surface area (Å²) in [5.41, 5.74) is 6.63. The zero-order valence-electron chi connectivity index (χ0n) is 7.07. The van der Waals surface area contributed by atoms with E-state index in [1.165, 1.54) is 18.3 Å². The lowest BCUT2D eigenvalue weighted by Gasteiger charge is -2.00. The molecule has 0 spiro atoms. The number of nitrogen functional groups attached to an aromatic ring is 1. The first-order valence-corrected chi connectivity index (χ1v) is 4.25. The number of hydrogen-bond acceptors (Lipinski definition) is 4. The van der Waals surface area contributed by atoms with Gasteiger partial charge in [-0.15, -0.1) is 0 Å². The lowest BCUT2D eigenvalue weighted by molar-refractivity contribution is 0.432. The van der Waals surface area contributed by atoms with E-state index in [9.17, 15) is 0 Å². The summed E-state index contributed by atoms with van der Waals surface area (Å²) in [5, 5.41) is 13.1. The number of aromatic hydroxyl groups is 1. The lowest BCUT2D eigenvalue weighted by atomic mass is 10.1. The van der Waals surface area contributed by atoms with Crippen molar-refractivity contribution in [2.45, 2.75) is 0 Å². The number of nitrogens with two attached hydrogens (primary N) is 1. The molecule has 0 aliphatic rings. The minimum atomic E-state index is 0.0943. The smallest absolute Gasteiger partial charge is 0.191 e. The predicted octanol–water partition coefficient (Wildman–Crippen LogP) is 2.28. The molecule has 0 aliphatic carbocycles. The van der Waals surface area contributed by atoms with Crippen LogP contribution in [0.1, 0.15) is 0 Å². The first-order valence-electron chi connectivity index (χ1n) is 3.87. The molecule has 0 unspecified atom stereocenters. The Morgan fingerprint density at radius 1 is 1.43 bits per heavy atom. The van der Waals surface area contributed by atoms with Crippen molar-refractivity contribution in [1.82, 2.24) is 5.16 Å². The fourth-order valence-electron chi connectivity index (χ4n) is 1.14. The SMILES string of the molecule is Nc1cnoc1-c1ccc(O)cc1Cl. The summed E-state index contributed by atoms with van der Waals surface area (Å²) < 4.78 is 4.93. The van der Waals surface area contributed by atoms with Crippen LogP contribution in [0.2, 0.25) is 5.02 Å². The van der Waals surface area contributed by atoms with Gasteiger partial charge in [0.1, 0.15) is 11.4 Å².